The molecule has 1 saturated heterocycles. The third-order valence-corrected chi connectivity index (χ3v) is 7.67. The summed E-state index contributed by atoms with van der Waals surface area (Å²) < 4.78 is 49.3. The van der Waals surface area contributed by atoms with Gasteiger partial charge in [0.1, 0.15) is 23.5 Å². The first-order valence-electron chi connectivity index (χ1n) is 13.1. The second kappa shape index (κ2) is 12.9. The Balaban J connectivity index is 0.00000370. The first-order chi connectivity index (χ1) is 18.9. The van der Waals surface area contributed by atoms with Gasteiger partial charge in [0.2, 0.25) is 0 Å². The van der Waals surface area contributed by atoms with Crippen LogP contribution in [0.15, 0.2) is 54.6 Å². The van der Waals surface area contributed by atoms with Crippen molar-refractivity contribution in [1.29, 1.82) is 0 Å². The quantitative estimate of drug-likeness (QED) is 0.297. The van der Waals surface area contributed by atoms with Gasteiger partial charge in [-0.3, -0.25) is 9.29 Å². The van der Waals surface area contributed by atoms with Crippen molar-refractivity contribution in [2.24, 2.45) is 0 Å². The van der Waals surface area contributed by atoms with Crippen LogP contribution in [0.5, 0.6) is 5.75 Å². The molecule has 0 saturated carbocycles. The average Bonchev–Trinajstić information content (AvgIpc) is 3.26. The number of aromatic carboxylic acids is 1. The van der Waals surface area contributed by atoms with E-state index in [1.807, 2.05) is 24.3 Å². The van der Waals surface area contributed by atoms with Crippen LogP contribution < -0.4 is 4.74 Å². The molecular weight excluding hydrogens is 539 g/mol. The molecule has 0 bridgehead atoms. The van der Waals surface area contributed by atoms with Crippen LogP contribution in [0.4, 0.5) is 13.2 Å². The normalized spacial score (nSPS) is 17.2. The number of carboxylic acid groups (broad SMARTS) is 1. The Hall–Kier alpha value is -3.29. The fourth-order valence-electron chi connectivity index (χ4n) is 5.60. The number of fused-ring (bicyclic) bond motifs is 1. The molecule has 1 aliphatic carbocycles. The molecule has 0 amide bonds. The van der Waals surface area contributed by atoms with Crippen LogP contribution in [-0.2, 0) is 6.42 Å². The third kappa shape index (κ3) is 6.21. The van der Waals surface area contributed by atoms with E-state index in [9.17, 15) is 14.3 Å². The number of benzene rings is 3. The molecule has 1 atom stereocenters. The minimum atomic E-state index is -1.33. The molecule has 0 spiro atoms. The van der Waals surface area contributed by atoms with E-state index in [0.29, 0.717) is 65.8 Å². The first-order valence-corrected chi connectivity index (χ1v) is 13.5. The number of allylic oxidation sites excluding steroid dienone is 1. The average molecular weight is 572 g/mol. The van der Waals surface area contributed by atoms with Gasteiger partial charge in [0.15, 0.2) is 0 Å². The number of alkyl halides is 1. The van der Waals surface area contributed by atoms with Crippen LogP contribution >= 0.6 is 11.6 Å². The topological polar surface area (TPSA) is 49.8 Å². The predicted molar refractivity (Wildman–Crippen MR) is 153 cm³/mol. The molecule has 5 rings (SSSR count). The number of hydrogen-bond acceptors (Lipinski definition) is 3. The summed E-state index contributed by atoms with van der Waals surface area (Å²) >= 11 is 6.02. The van der Waals surface area contributed by atoms with Gasteiger partial charge in [-0.2, -0.15) is 0 Å². The number of hydrogen-bond donors (Lipinski definition) is 1. The van der Waals surface area contributed by atoms with Crippen LogP contribution in [0.3, 0.4) is 0 Å². The molecule has 0 aromatic heterocycles. The summed E-state index contributed by atoms with van der Waals surface area (Å²) in [6.45, 7) is 2.00. The second-order valence-electron chi connectivity index (χ2n) is 9.99. The van der Waals surface area contributed by atoms with Gasteiger partial charge in [-0.15, -0.1) is 0 Å². The van der Waals surface area contributed by atoms with Crippen molar-refractivity contribution in [3.8, 4) is 5.75 Å². The lowest BCUT2D eigenvalue weighted by molar-refractivity contribution is 0.0691. The van der Waals surface area contributed by atoms with E-state index >= 15 is 8.78 Å². The Morgan fingerprint density at radius 1 is 1.05 bits per heavy atom. The number of carbonyl (C=O) groups is 1. The van der Waals surface area contributed by atoms with E-state index in [2.05, 4.69) is 4.90 Å². The molecule has 40 heavy (non-hydrogen) atoms. The van der Waals surface area contributed by atoms with Crippen molar-refractivity contribution in [2.75, 3.05) is 26.3 Å². The van der Waals surface area contributed by atoms with Crippen LogP contribution in [0.1, 0.15) is 65.7 Å². The predicted octanol–water partition coefficient (Wildman–Crippen LogP) is 8.06. The molecule has 2 aliphatic rings. The van der Waals surface area contributed by atoms with Crippen molar-refractivity contribution in [1.82, 2.24) is 4.90 Å². The fourth-order valence-corrected chi connectivity index (χ4v) is 5.76. The molecule has 4 nitrogen and oxygen atoms in total. The summed E-state index contributed by atoms with van der Waals surface area (Å²) in [5.74, 6) is -1.88. The smallest absolute Gasteiger partial charge is 0.338 e. The van der Waals surface area contributed by atoms with E-state index in [1.165, 1.54) is 12.1 Å². The van der Waals surface area contributed by atoms with Gasteiger partial charge >= 0.3 is 5.97 Å². The van der Waals surface area contributed by atoms with Gasteiger partial charge in [-0.25, -0.2) is 13.6 Å². The summed E-state index contributed by atoms with van der Waals surface area (Å²) in [6.07, 6.45) is 2.71. The molecule has 0 radical (unpaired) electrons. The molecule has 8 heteroatoms. The van der Waals surface area contributed by atoms with Gasteiger partial charge < -0.3 is 9.84 Å². The second-order valence-corrected chi connectivity index (χ2v) is 10.4. The fraction of sp³-hybridized carbons (Fsp3) is 0.344. The summed E-state index contributed by atoms with van der Waals surface area (Å²) in [5.41, 5.74) is 2.97. The SMILES string of the molecule is C.O=C(O)c1ccc2c(c1F)CCCC(c1ccc(Cl)cc1F)=C2c1ccc(O[C@H]2CCN(CCCF)C2)cc1. The monoisotopic (exact) mass is 571 g/mol. The Kier molecular flexibility index (Phi) is 9.59. The highest BCUT2D eigenvalue weighted by Gasteiger charge is 2.27. The Bertz CT molecular complexity index is 1410. The van der Waals surface area contributed by atoms with Crippen LogP contribution in [-0.4, -0.2) is 48.4 Å². The van der Waals surface area contributed by atoms with E-state index in [-0.39, 0.29) is 30.8 Å². The molecule has 0 unspecified atom stereocenters. The van der Waals surface area contributed by atoms with Crippen LogP contribution in [0.25, 0.3) is 11.1 Å². The van der Waals surface area contributed by atoms with Crippen LogP contribution in [0, 0.1) is 11.6 Å². The van der Waals surface area contributed by atoms with E-state index in [0.717, 1.165) is 25.1 Å². The Morgan fingerprint density at radius 3 is 2.50 bits per heavy atom. The lowest BCUT2D eigenvalue weighted by Gasteiger charge is -2.19. The Labute approximate surface area is 238 Å². The highest BCUT2D eigenvalue weighted by molar-refractivity contribution is 6.30. The minimum absolute atomic E-state index is 0. The maximum atomic E-state index is 15.4. The Morgan fingerprint density at radius 2 is 1.80 bits per heavy atom. The van der Waals surface area contributed by atoms with Gasteiger partial charge in [-0.1, -0.05) is 43.3 Å². The summed E-state index contributed by atoms with van der Waals surface area (Å²) in [7, 11) is 0. The zero-order chi connectivity index (χ0) is 27.5. The molecule has 3 aromatic rings. The van der Waals surface area contributed by atoms with Gasteiger partial charge in [-0.05, 0) is 90.3 Å². The van der Waals surface area contributed by atoms with Crippen molar-refractivity contribution >= 4 is 28.7 Å². The van der Waals surface area contributed by atoms with Gasteiger partial charge in [0.25, 0.3) is 0 Å². The number of carboxylic acids is 1. The van der Waals surface area contributed by atoms with E-state index in [1.54, 1.807) is 18.2 Å². The van der Waals surface area contributed by atoms with Gasteiger partial charge in [0.05, 0.1) is 12.2 Å². The molecule has 1 heterocycles. The minimum Gasteiger partial charge on any atom is -0.489 e. The van der Waals surface area contributed by atoms with E-state index < -0.39 is 17.6 Å². The largest absolute Gasteiger partial charge is 0.489 e. The van der Waals surface area contributed by atoms with Crippen molar-refractivity contribution in [3.63, 3.8) is 0 Å². The zero-order valence-corrected chi connectivity index (χ0v) is 22.1. The zero-order valence-electron chi connectivity index (χ0n) is 21.4. The molecular formula is C32H33ClF3NO3. The number of likely N-dealkylation sites (tertiary alicyclic amines) is 1. The standard InChI is InChI=1S/C31H29ClF3NO3.CH4/c32-20-7-10-23(28(34)17-20)24-3-1-4-26-25(11-12-27(30(26)35)31(37)38)29(24)19-5-8-21(9-6-19)39-22-13-16-36(18-22)15-2-14-33;/h5-12,17,22H,1-4,13-16,18H2,(H,37,38);1H4/t22-;/m0./s1. The van der Waals surface area contributed by atoms with Crippen molar-refractivity contribution in [3.05, 3.63) is 99.1 Å². The van der Waals surface area contributed by atoms with E-state index in [4.69, 9.17) is 16.3 Å². The van der Waals surface area contributed by atoms with Crippen molar-refractivity contribution in [2.45, 2.75) is 45.6 Å². The number of halogens is 4. The maximum Gasteiger partial charge on any atom is 0.338 e. The lowest BCUT2D eigenvalue weighted by Crippen LogP contribution is -2.26. The summed E-state index contributed by atoms with van der Waals surface area (Å²) in [6, 6.07) is 14.8. The number of ether oxygens (including phenoxy) is 1. The van der Waals surface area contributed by atoms with Crippen LogP contribution in [0.2, 0.25) is 5.02 Å². The molecule has 1 fully saturated rings. The molecule has 1 aliphatic heterocycles. The van der Waals surface area contributed by atoms with Crippen molar-refractivity contribution < 1.29 is 27.8 Å². The summed E-state index contributed by atoms with van der Waals surface area (Å²) in [5, 5.41) is 9.75. The summed E-state index contributed by atoms with van der Waals surface area (Å²) in [4.78, 5) is 13.8. The highest BCUT2D eigenvalue weighted by Crippen LogP contribution is 2.42. The molecule has 3 aromatic carbocycles. The molecule has 1 N–H and O–H groups in total. The molecule has 212 valence electrons. The third-order valence-electron chi connectivity index (χ3n) is 7.44. The lowest BCUT2D eigenvalue weighted by atomic mass is 9.87. The number of rotatable bonds is 8. The first kappa shape index (κ1) is 29.7. The maximum absolute atomic E-state index is 15.4. The number of nitrogens with zero attached hydrogens (tertiary/aromatic N) is 1. The highest BCUT2D eigenvalue weighted by atomic mass is 35.5. The van der Waals surface area contributed by atoms with Gasteiger partial charge in [0, 0.05) is 30.2 Å².